The molecule has 2 heterocycles. The molecule has 2 aromatic carbocycles. The van der Waals surface area contributed by atoms with Crippen LogP contribution in [0.2, 0.25) is 0 Å². The van der Waals surface area contributed by atoms with Crippen molar-refractivity contribution < 1.29 is 9.18 Å². The van der Waals surface area contributed by atoms with Crippen molar-refractivity contribution in [3.05, 3.63) is 65.6 Å². The van der Waals surface area contributed by atoms with Crippen molar-refractivity contribution in [2.75, 3.05) is 5.32 Å². The molecule has 24 heavy (non-hydrogen) atoms. The number of aromatic nitrogens is 3. The van der Waals surface area contributed by atoms with E-state index in [1.165, 1.54) is 23.7 Å². The first-order chi connectivity index (χ1) is 11.7. The molecule has 4 rings (SSSR count). The molecule has 0 aliphatic rings. The third-order valence-electron chi connectivity index (χ3n) is 3.65. The largest absolute Gasteiger partial charge is 0.320 e. The maximum absolute atomic E-state index is 13.9. The van der Waals surface area contributed by atoms with Gasteiger partial charge in [-0.3, -0.25) is 9.89 Å². The number of nitrogens with one attached hydrogen (secondary N) is 2. The molecular formula is C17H11FN4OS. The molecule has 0 atom stereocenters. The fraction of sp³-hybridized carbons (Fsp3) is 0. The third kappa shape index (κ3) is 2.65. The fourth-order valence-corrected chi connectivity index (χ4v) is 3.05. The highest BCUT2D eigenvalue weighted by Crippen LogP contribution is 2.25. The summed E-state index contributed by atoms with van der Waals surface area (Å²) in [5.74, 6) is -0.857. The van der Waals surface area contributed by atoms with Gasteiger partial charge in [-0.1, -0.05) is 12.1 Å². The highest BCUT2D eigenvalue weighted by Gasteiger charge is 2.13. The summed E-state index contributed by atoms with van der Waals surface area (Å²) in [7, 11) is 0. The zero-order chi connectivity index (χ0) is 16.5. The molecule has 0 spiro atoms. The van der Waals surface area contributed by atoms with Gasteiger partial charge in [0.15, 0.2) is 0 Å². The summed E-state index contributed by atoms with van der Waals surface area (Å²) in [5, 5.41) is 12.3. The Labute approximate surface area is 140 Å². The van der Waals surface area contributed by atoms with Gasteiger partial charge >= 0.3 is 0 Å². The van der Waals surface area contributed by atoms with Crippen molar-refractivity contribution >= 4 is 34.0 Å². The monoisotopic (exact) mass is 338 g/mol. The van der Waals surface area contributed by atoms with Gasteiger partial charge in [-0.25, -0.2) is 8.76 Å². The van der Waals surface area contributed by atoms with Crippen molar-refractivity contribution in [1.82, 2.24) is 14.6 Å². The van der Waals surface area contributed by atoms with E-state index in [4.69, 9.17) is 0 Å². The van der Waals surface area contributed by atoms with Crippen molar-refractivity contribution in [3.63, 3.8) is 0 Å². The summed E-state index contributed by atoms with van der Waals surface area (Å²) in [4.78, 5) is 12.5. The maximum Gasteiger partial charge on any atom is 0.255 e. The van der Waals surface area contributed by atoms with E-state index >= 15 is 0 Å². The molecule has 118 valence electrons. The van der Waals surface area contributed by atoms with E-state index in [0.29, 0.717) is 11.3 Å². The van der Waals surface area contributed by atoms with Gasteiger partial charge in [-0.2, -0.15) is 5.10 Å². The predicted octanol–water partition coefficient (Wildman–Crippen LogP) is 4.08. The number of nitrogens with zero attached hydrogens (tertiary/aromatic N) is 2. The lowest BCUT2D eigenvalue weighted by molar-refractivity contribution is 0.102. The molecule has 7 heteroatoms. The van der Waals surface area contributed by atoms with Crippen LogP contribution in [-0.4, -0.2) is 20.5 Å². The Morgan fingerprint density at radius 3 is 2.92 bits per heavy atom. The normalized spacial score (nSPS) is 10.9. The average molecular weight is 338 g/mol. The Hall–Kier alpha value is -3.06. The number of rotatable bonds is 3. The molecular weight excluding hydrogens is 327 g/mol. The van der Waals surface area contributed by atoms with Gasteiger partial charge < -0.3 is 5.32 Å². The Morgan fingerprint density at radius 2 is 2.08 bits per heavy atom. The first-order valence-electron chi connectivity index (χ1n) is 7.14. The van der Waals surface area contributed by atoms with Gasteiger partial charge in [0.25, 0.3) is 5.91 Å². The SMILES string of the molecule is O=C(Nc1cccc2cn[nH]c12)c1cc(F)cc(-c2cnsc2)c1. The molecule has 0 radical (unpaired) electrons. The van der Waals surface area contributed by atoms with Gasteiger partial charge in [0, 0.05) is 28.1 Å². The zero-order valence-electron chi connectivity index (χ0n) is 12.3. The van der Waals surface area contributed by atoms with Crippen LogP contribution in [0, 0.1) is 5.82 Å². The van der Waals surface area contributed by atoms with Crippen LogP contribution in [0.4, 0.5) is 10.1 Å². The first kappa shape index (κ1) is 14.5. The standard InChI is InChI=1S/C17H11FN4OS/c18-14-5-11(13-8-20-24-9-13)4-12(6-14)17(23)21-15-3-1-2-10-7-19-22-16(10)15/h1-9H,(H,19,22)(H,21,23). The van der Waals surface area contributed by atoms with Crippen LogP contribution in [0.1, 0.15) is 10.4 Å². The number of para-hydroxylation sites is 1. The number of aromatic amines is 1. The molecule has 0 aliphatic carbocycles. The summed E-state index contributed by atoms with van der Waals surface area (Å²) in [6.07, 6.45) is 3.32. The average Bonchev–Trinajstić information content (AvgIpc) is 3.26. The van der Waals surface area contributed by atoms with E-state index < -0.39 is 5.82 Å². The molecule has 0 aliphatic heterocycles. The Balaban J connectivity index is 1.68. The van der Waals surface area contributed by atoms with Crippen LogP contribution in [0.5, 0.6) is 0 Å². The van der Waals surface area contributed by atoms with E-state index in [1.807, 2.05) is 17.5 Å². The predicted molar refractivity (Wildman–Crippen MR) is 91.6 cm³/mol. The molecule has 0 bridgehead atoms. The Bertz CT molecular complexity index is 1030. The molecule has 1 amide bonds. The van der Waals surface area contributed by atoms with Gasteiger partial charge in [0.05, 0.1) is 17.4 Å². The number of H-pyrrole nitrogens is 1. The fourth-order valence-electron chi connectivity index (χ4n) is 2.50. The minimum atomic E-state index is -0.469. The summed E-state index contributed by atoms with van der Waals surface area (Å²) >= 11 is 1.28. The number of halogens is 1. The quantitative estimate of drug-likeness (QED) is 0.591. The maximum atomic E-state index is 13.9. The second-order valence-corrected chi connectivity index (χ2v) is 5.89. The summed E-state index contributed by atoms with van der Waals surface area (Å²) in [6, 6.07) is 9.72. The smallest absolute Gasteiger partial charge is 0.255 e. The molecule has 5 nitrogen and oxygen atoms in total. The molecule has 2 aromatic heterocycles. The van der Waals surface area contributed by atoms with Gasteiger partial charge in [0.1, 0.15) is 5.82 Å². The van der Waals surface area contributed by atoms with Crippen molar-refractivity contribution in [3.8, 4) is 11.1 Å². The molecule has 2 N–H and O–H groups in total. The number of benzene rings is 2. The Morgan fingerprint density at radius 1 is 1.17 bits per heavy atom. The lowest BCUT2D eigenvalue weighted by atomic mass is 10.1. The van der Waals surface area contributed by atoms with Gasteiger partial charge in [-0.15, -0.1) is 0 Å². The summed E-state index contributed by atoms with van der Waals surface area (Å²) < 4.78 is 17.9. The number of carbonyl (C=O) groups excluding carboxylic acids is 1. The van der Waals surface area contributed by atoms with Crippen LogP contribution >= 0.6 is 11.5 Å². The molecule has 4 aromatic rings. The summed E-state index contributed by atoms with van der Waals surface area (Å²) in [6.45, 7) is 0. The van der Waals surface area contributed by atoms with Crippen LogP contribution in [0.3, 0.4) is 0 Å². The number of fused-ring (bicyclic) bond motifs is 1. The molecule has 0 saturated heterocycles. The molecule has 0 fully saturated rings. The number of hydrogen-bond donors (Lipinski definition) is 2. The second kappa shape index (κ2) is 5.86. The number of anilines is 1. The van der Waals surface area contributed by atoms with E-state index in [1.54, 1.807) is 24.5 Å². The topological polar surface area (TPSA) is 70.7 Å². The van der Waals surface area contributed by atoms with Crippen LogP contribution in [0.25, 0.3) is 22.0 Å². The highest BCUT2D eigenvalue weighted by atomic mass is 32.1. The van der Waals surface area contributed by atoms with E-state index in [2.05, 4.69) is 19.9 Å². The summed E-state index contributed by atoms with van der Waals surface area (Å²) in [5.41, 5.74) is 2.97. The zero-order valence-corrected chi connectivity index (χ0v) is 13.1. The Kier molecular flexibility index (Phi) is 3.55. The lowest BCUT2D eigenvalue weighted by Crippen LogP contribution is -2.12. The number of carbonyl (C=O) groups is 1. The van der Waals surface area contributed by atoms with Crippen LogP contribution in [-0.2, 0) is 0 Å². The van der Waals surface area contributed by atoms with Crippen molar-refractivity contribution in [1.29, 1.82) is 0 Å². The van der Waals surface area contributed by atoms with Crippen LogP contribution < -0.4 is 5.32 Å². The second-order valence-electron chi connectivity index (χ2n) is 5.24. The molecule has 0 saturated carbocycles. The molecule has 0 unspecified atom stereocenters. The van der Waals surface area contributed by atoms with Crippen LogP contribution in [0.15, 0.2) is 54.2 Å². The van der Waals surface area contributed by atoms with Gasteiger partial charge in [-0.05, 0) is 41.4 Å². The lowest BCUT2D eigenvalue weighted by Gasteiger charge is -2.08. The first-order valence-corrected chi connectivity index (χ1v) is 7.98. The van der Waals surface area contributed by atoms with Crippen molar-refractivity contribution in [2.45, 2.75) is 0 Å². The van der Waals surface area contributed by atoms with Gasteiger partial charge in [0.2, 0.25) is 0 Å². The number of amides is 1. The van der Waals surface area contributed by atoms with E-state index in [9.17, 15) is 9.18 Å². The minimum absolute atomic E-state index is 0.243. The van der Waals surface area contributed by atoms with E-state index in [0.717, 1.165) is 16.5 Å². The highest BCUT2D eigenvalue weighted by molar-refractivity contribution is 7.03. The third-order valence-corrected chi connectivity index (χ3v) is 4.24. The van der Waals surface area contributed by atoms with E-state index in [-0.39, 0.29) is 11.5 Å². The minimum Gasteiger partial charge on any atom is -0.320 e. The number of hydrogen-bond acceptors (Lipinski definition) is 4. The van der Waals surface area contributed by atoms with Crippen molar-refractivity contribution in [2.24, 2.45) is 0 Å².